The molecule has 0 saturated heterocycles. The smallest absolute Gasteiger partial charge is 0.294 e. The molecule has 0 fully saturated rings. The molecule has 1 aliphatic heterocycles. The SMILES string of the molecule is COc1ccc(F)cc1C1C(C(=O)C(C)C)=C(O)C(=O)N1c1ccc(-c2ccon2)cc1. The van der Waals surface area contributed by atoms with Gasteiger partial charge in [0, 0.05) is 28.8 Å². The Bertz CT molecular complexity index is 1200. The number of Topliss-reactive ketones (excluding diaryl/α,β-unsaturated/α-hetero) is 1. The third-order valence-corrected chi connectivity index (χ3v) is 5.36. The van der Waals surface area contributed by atoms with Crippen LogP contribution in [0, 0.1) is 11.7 Å². The van der Waals surface area contributed by atoms with Crippen LogP contribution >= 0.6 is 0 Å². The molecule has 8 heteroatoms. The molecule has 1 amide bonds. The van der Waals surface area contributed by atoms with E-state index >= 15 is 0 Å². The Labute approximate surface area is 183 Å². The molecule has 1 N–H and O–H groups in total. The molecule has 2 heterocycles. The van der Waals surface area contributed by atoms with Crippen LogP contribution in [0.2, 0.25) is 0 Å². The lowest BCUT2D eigenvalue weighted by Crippen LogP contribution is -2.31. The summed E-state index contributed by atoms with van der Waals surface area (Å²) in [6.07, 6.45) is 1.45. The van der Waals surface area contributed by atoms with Crippen LogP contribution in [0.4, 0.5) is 10.1 Å². The number of ether oxygens (including phenoxy) is 1. The summed E-state index contributed by atoms with van der Waals surface area (Å²) < 4.78 is 24.5. The zero-order valence-corrected chi connectivity index (χ0v) is 17.7. The molecule has 1 unspecified atom stereocenters. The van der Waals surface area contributed by atoms with Crippen molar-refractivity contribution in [2.24, 2.45) is 5.92 Å². The lowest BCUT2D eigenvalue weighted by molar-refractivity contribution is -0.119. The standard InChI is InChI=1S/C24H21FN2O5/c1-13(2)22(28)20-21(17-12-15(25)6-9-19(17)31-3)27(24(30)23(20)29)16-7-4-14(5-8-16)18-10-11-32-26-18/h4-13,21,29H,1-3H3. The number of aliphatic hydroxyl groups excluding tert-OH is 1. The largest absolute Gasteiger partial charge is 0.503 e. The number of carbonyl (C=O) groups is 2. The van der Waals surface area contributed by atoms with Crippen molar-refractivity contribution in [2.75, 3.05) is 12.0 Å². The number of hydrogen-bond acceptors (Lipinski definition) is 6. The highest BCUT2D eigenvalue weighted by atomic mass is 19.1. The maximum Gasteiger partial charge on any atom is 0.294 e. The average molecular weight is 436 g/mol. The van der Waals surface area contributed by atoms with Crippen molar-refractivity contribution in [2.45, 2.75) is 19.9 Å². The van der Waals surface area contributed by atoms with Crippen LogP contribution in [0.25, 0.3) is 11.3 Å². The van der Waals surface area contributed by atoms with Crippen molar-refractivity contribution in [3.63, 3.8) is 0 Å². The first kappa shape index (κ1) is 21.3. The summed E-state index contributed by atoms with van der Waals surface area (Å²) in [4.78, 5) is 27.4. The van der Waals surface area contributed by atoms with Crippen LogP contribution < -0.4 is 9.64 Å². The van der Waals surface area contributed by atoms with Gasteiger partial charge in [0.25, 0.3) is 5.91 Å². The number of methoxy groups -OCH3 is 1. The van der Waals surface area contributed by atoms with Gasteiger partial charge in [0.2, 0.25) is 0 Å². The number of rotatable bonds is 6. The summed E-state index contributed by atoms with van der Waals surface area (Å²) in [7, 11) is 1.41. The van der Waals surface area contributed by atoms with Gasteiger partial charge in [-0.3, -0.25) is 14.5 Å². The molecule has 3 aromatic rings. The normalized spacial score (nSPS) is 16.2. The summed E-state index contributed by atoms with van der Waals surface area (Å²) in [5, 5.41) is 14.6. The van der Waals surface area contributed by atoms with Crippen molar-refractivity contribution in [3.8, 4) is 17.0 Å². The maximum atomic E-state index is 14.2. The average Bonchev–Trinajstić information content (AvgIpc) is 3.41. The van der Waals surface area contributed by atoms with E-state index < -0.39 is 35.2 Å². The van der Waals surface area contributed by atoms with Gasteiger partial charge in [0.05, 0.1) is 18.7 Å². The van der Waals surface area contributed by atoms with Gasteiger partial charge in [-0.05, 0) is 30.3 Å². The molecule has 4 rings (SSSR count). The number of aliphatic hydroxyl groups is 1. The van der Waals surface area contributed by atoms with Gasteiger partial charge in [-0.1, -0.05) is 31.1 Å². The Balaban J connectivity index is 1.87. The van der Waals surface area contributed by atoms with Gasteiger partial charge in [0.15, 0.2) is 11.5 Å². The van der Waals surface area contributed by atoms with Crippen molar-refractivity contribution >= 4 is 17.4 Å². The van der Waals surface area contributed by atoms with Gasteiger partial charge >= 0.3 is 0 Å². The molecule has 0 saturated carbocycles. The lowest BCUT2D eigenvalue weighted by Gasteiger charge is -2.28. The number of halogens is 1. The molecule has 1 atom stereocenters. The number of benzene rings is 2. The molecule has 0 spiro atoms. The van der Waals surface area contributed by atoms with Crippen molar-refractivity contribution in [1.29, 1.82) is 0 Å². The highest BCUT2D eigenvalue weighted by Crippen LogP contribution is 2.45. The highest BCUT2D eigenvalue weighted by molar-refractivity contribution is 6.17. The van der Waals surface area contributed by atoms with Gasteiger partial charge in [0.1, 0.15) is 23.5 Å². The third-order valence-electron chi connectivity index (χ3n) is 5.36. The minimum Gasteiger partial charge on any atom is -0.503 e. The molecule has 0 aliphatic carbocycles. The molecule has 7 nitrogen and oxygen atoms in total. The van der Waals surface area contributed by atoms with Crippen LogP contribution in [-0.2, 0) is 9.59 Å². The van der Waals surface area contributed by atoms with Crippen LogP contribution in [0.3, 0.4) is 0 Å². The van der Waals surface area contributed by atoms with E-state index in [0.717, 1.165) is 5.56 Å². The van der Waals surface area contributed by atoms with E-state index in [4.69, 9.17) is 9.26 Å². The fraction of sp³-hybridized carbons (Fsp3) is 0.208. The molecular weight excluding hydrogens is 415 g/mol. The van der Waals surface area contributed by atoms with Gasteiger partial charge in [-0.15, -0.1) is 0 Å². The molecule has 1 aromatic heterocycles. The van der Waals surface area contributed by atoms with E-state index in [9.17, 15) is 19.1 Å². The maximum absolute atomic E-state index is 14.2. The second-order valence-electron chi connectivity index (χ2n) is 7.68. The summed E-state index contributed by atoms with van der Waals surface area (Å²) in [6, 6.07) is 11.3. The number of hydrogen-bond donors (Lipinski definition) is 1. The number of nitrogens with zero attached hydrogens (tertiary/aromatic N) is 2. The minimum atomic E-state index is -1.05. The number of carbonyl (C=O) groups excluding carboxylic acids is 2. The number of ketones is 1. The zero-order chi connectivity index (χ0) is 23.0. The van der Waals surface area contributed by atoms with Gasteiger partial charge < -0.3 is 14.4 Å². The van der Waals surface area contributed by atoms with E-state index in [2.05, 4.69) is 5.16 Å². The minimum absolute atomic E-state index is 0.0884. The first-order valence-electron chi connectivity index (χ1n) is 9.98. The van der Waals surface area contributed by atoms with Gasteiger partial charge in [-0.25, -0.2) is 4.39 Å². The Morgan fingerprint density at radius 1 is 1.19 bits per heavy atom. The van der Waals surface area contributed by atoms with E-state index in [1.165, 1.54) is 36.5 Å². The van der Waals surface area contributed by atoms with Crippen molar-refractivity contribution in [3.05, 3.63) is 77.5 Å². The molecule has 2 aromatic carbocycles. The predicted molar refractivity (Wildman–Crippen MR) is 115 cm³/mol. The predicted octanol–water partition coefficient (Wildman–Crippen LogP) is 4.61. The zero-order valence-electron chi connectivity index (χ0n) is 17.7. The van der Waals surface area contributed by atoms with E-state index in [-0.39, 0.29) is 16.9 Å². The fourth-order valence-electron chi connectivity index (χ4n) is 3.80. The van der Waals surface area contributed by atoms with Crippen LogP contribution in [0.5, 0.6) is 5.75 Å². The monoisotopic (exact) mass is 436 g/mol. The molecule has 164 valence electrons. The van der Waals surface area contributed by atoms with Crippen molar-refractivity contribution < 1.29 is 28.3 Å². The molecule has 0 radical (unpaired) electrons. The number of amides is 1. The second-order valence-corrected chi connectivity index (χ2v) is 7.68. The molecule has 1 aliphatic rings. The van der Waals surface area contributed by atoms with E-state index in [0.29, 0.717) is 11.4 Å². The number of anilines is 1. The van der Waals surface area contributed by atoms with Gasteiger partial charge in [-0.2, -0.15) is 0 Å². The Morgan fingerprint density at radius 2 is 1.91 bits per heavy atom. The highest BCUT2D eigenvalue weighted by Gasteiger charge is 2.46. The van der Waals surface area contributed by atoms with Crippen LogP contribution in [0.1, 0.15) is 25.5 Å². The summed E-state index contributed by atoms with van der Waals surface area (Å²) in [5.41, 5.74) is 1.95. The summed E-state index contributed by atoms with van der Waals surface area (Å²) in [6.45, 7) is 3.34. The first-order valence-corrected chi connectivity index (χ1v) is 9.98. The first-order chi connectivity index (χ1) is 15.3. The summed E-state index contributed by atoms with van der Waals surface area (Å²) >= 11 is 0. The topological polar surface area (TPSA) is 92.9 Å². The number of aromatic nitrogens is 1. The third kappa shape index (κ3) is 3.53. The Kier molecular flexibility index (Phi) is 5.52. The van der Waals surface area contributed by atoms with Crippen LogP contribution in [0.15, 0.2) is 70.6 Å². The van der Waals surface area contributed by atoms with Crippen molar-refractivity contribution in [1.82, 2.24) is 5.16 Å². The second kappa shape index (κ2) is 8.30. The Hall–Kier alpha value is -3.94. The summed E-state index contributed by atoms with van der Waals surface area (Å²) in [5.74, 6) is -2.57. The van der Waals surface area contributed by atoms with E-state index in [1.54, 1.807) is 44.2 Å². The van der Waals surface area contributed by atoms with Crippen LogP contribution in [-0.4, -0.2) is 29.1 Å². The lowest BCUT2D eigenvalue weighted by atomic mass is 9.90. The molecular formula is C24H21FN2O5. The quantitative estimate of drug-likeness (QED) is 0.606. The molecule has 32 heavy (non-hydrogen) atoms. The van der Waals surface area contributed by atoms with E-state index in [1.807, 2.05) is 0 Å². The molecule has 0 bridgehead atoms. The Morgan fingerprint density at radius 3 is 2.50 bits per heavy atom. The fourth-order valence-corrected chi connectivity index (χ4v) is 3.80.